The van der Waals surface area contributed by atoms with Crippen LogP contribution >= 0.6 is 12.2 Å². The molecule has 0 heterocycles. The minimum atomic E-state index is -0.641. The van der Waals surface area contributed by atoms with Gasteiger partial charge in [-0.1, -0.05) is 30.3 Å². The Morgan fingerprint density at radius 3 is 2.43 bits per heavy atom. The van der Waals surface area contributed by atoms with Crippen LogP contribution in [0.4, 0.5) is 10.1 Å². The summed E-state index contributed by atoms with van der Waals surface area (Å²) in [5, 5.41) is 16.6. The molecular weight excluding hydrogens is 287 g/mol. The zero-order chi connectivity index (χ0) is 15.1. The maximum Gasteiger partial charge on any atom is 0.170 e. The van der Waals surface area contributed by atoms with E-state index < -0.39 is 6.10 Å². The van der Waals surface area contributed by atoms with E-state index in [4.69, 9.17) is 12.2 Å². The van der Waals surface area contributed by atoms with Gasteiger partial charge in [-0.15, -0.1) is 0 Å². The highest BCUT2D eigenvalue weighted by Crippen LogP contribution is 2.16. The Labute approximate surface area is 128 Å². The van der Waals surface area contributed by atoms with Crippen LogP contribution in [-0.2, 0) is 0 Å². The molecule has 0 amide bonds. The van der Waals surface area contributed by atoms with Gasteiger partial charge in [0.25, 0.3) is 0 Å². The van der Waals surface area contributed by atoms with Crippen LogP contribution in [-0.4, -0.2) is 16.8 Å². The average Bonchev–Trinajstić information content (AvgIpc) is 2.49. The third kappa shape index (κ3) is 5.13. The van der Waals surface area contributed by atoms with E-state index in [9.17, 15) is 9.50 Å². The summed E-state index contributed by atoms with van der Waals surface area (Å²) in [6.07, 6.45) is -0.153. The summed E-state index contributed by atoms with van der Waals surface area (Å²) in [7, 11) is 0. The summed E-state index contributed by atoms with van der Waals surface area (Å²) in [5.41, 5.74) is 1.61. The molecule has 0 radical (unpaired) electrons. The number of hydrogen-bond donors (Lipinski definition) is 3. The summed E-state index contributed by atoms with van der Waals surface area (Å²) in [6, 6.07) is 15.5. The smallest absolute Gasteiger partial charge is 0.170 e. The van der Waals surface area contributed by atoms with Gasteiger partial charge in [0.1, 0.15) is 5.82 Å². The van der Waals surface area contributed by atoms with Crippen LogP contribution in [0.3, 0.4) is 0 Å². The molecule has 110 valence electrons. The molecule has 1 unspecified atom stereocenters. The molecule has 2 aromatic carbocycles. The van der Waals surface area contributed by atoms with Gasteiger partial charge >= 0.3 is 0 Å². The van der Waals surface area contributed by atoms with Crippen molar-refractivity contribution in [3.8, 4) is 0 Å². The molecular formula is C16H17FN2OS. The first kappa shape index (κ1) is 15.4. The molecule has 0 aromatic heterocycles. The van der Waals surface area contributed by atoms with E-state index in [0.29, 0.717) is 23.6 Å². The second-order valence-corrected chi connectivity index (χ2v) is 5.01. The van der Waals surface area contributed by atoms with Crippen molar-refractivity contribution in [1.29, 1.82) is 0 Å². The Hall–Kier alpha value is -1.98. The Morgan fingerprint density at radius 2 is 1.76 bits per heavy atom. The van der Waals surface area contributed by atoms with Crippen molar-refractivity contribution in [2.75, 3.05) is 11.9 Å². The topological polar surface area (TPSA) is 44.3 Å². The van der Waals surface area contributed by atoms with E-state index in [1.165, 1.54) is 12.1 Å². The fourth-order valence-corrected chi connectivity index (χ4v) is 2.09. The molecule has 21 heavy (non-hydrogen) atoms. The van der Waals surface area contributed by atoms with E-state index in [0.717, 1.165) is 5.69 Å². The van der Waals surface area contributed by atoms with Gasteiger partial charge < -0.3 is 15.7 Å². The highest BCUT2D eigenvalue weighted by molar-refractivity contribution is 7.80. The van der Waals surface area contributed by atoms with Gasteiger partial charge in [0.15, 0.2) is 5.11 Å². The standard InChI is InChI=1S/C16H17FN2OS/c17-13-8-6-12(7-9-13)15(20)10-11-18-16(21)19-14-4-2-1-3-5-14/h1-9,15,20H,10-11H2,(H2,18,19,21). The lowest BCUT2D eigenvalue weighted by atomic mass is 10.1. The lowest BCUT2D eigenvalue weighted by Crippen LogP contribution is -2.30. The van der Waals surface area contributed by atoms with Crippen molar-refractivity contribution >= 4 is 23.0 Å². The lowest BCUT2D eigenvalue weighted by Gasteiger charge is -2.13. The predicted molar refractivity (Wildman–Crippen MR) is 86.6 cm³/mol. The third-order valence-electron chi connectivity index (χ3n) is 2.99. The molecule has 0 fully saturated rings. The van der Waals surface area contributed by atoms with E-state index in [1.807, 2.05) is 30.3 Å². The number of benzene rings is 2. The number of anilines is 1. The van der Waals surface area contributed by atoms with Crippen LogP contribution in [0, 0.1) is 5.82 Å². The summed E-state index contributed by atoms with van der Waals surface area (Å²) in [6.45, 7) is 0.525. The summed E-state index contributed by atoms with van der Waals surface area (Å²) >= 11 is 5.17. The summed E-state index contributed by atoms with van der Waals surface area (Å²) in [4.78, 5) is 0. The van der Waals surface area contributed by atoms with Crippen molar-refractivity contribution in [2.45, 2.75) is 12.5 Å². The van der Waals surface area contributed by atoms with Gasteiger partial charge in [0.2, 0.25) is 0 Å². The van der Waals surface area contributed by atoms with Crippen molar-refractivity contribution in [2.24, 2.45) is 0 Å². The highest BCUT2D eigenvalue weighted by atomic mass is 32.1. The van der Waals surface area contributed by atoms with Crippen LogP contribution in [0.15, 0.2) is 54.6 Å². The van der Waals surface area contributed by atoms with Gasteiger partial charge in [-0.3, -0.25) is 0 Å². The number of hydrogen-bond acceptors (Lipinski definition) is 2. The lowest BCUT2D eigenvalue weighted by molar-refractivity contribution is 0.168. The number of rotatable bonds is 5. The van der Waals surface area contributed by atoms with Gasteiger partial charge in [-0.05, 0) is 48.5 Å². The van der Waals surface area contributed by atoms with E-state index in [1.54, 1.807) is 12.1 Å². The van der Waals surface area contributed by atoms with Crippen molar-refractivity contribution in [3.63, 3.8) is 0 Å². The van der Waals surface area contributed by atoms with Crippen LogP contribution < -0.4 is 10.6 Å². The molecule has 0 spiro atoms. The van der Waals surface area contributed by atoms with Crippen LogP contribution in [0.2, 0.25) is 0 Å². The molecule has 0 aliphatic rings. The molecule has 0 aliphatic heterocycles. The zero-order valence-corrected chi connectivity index (χ0v) is 12.2. The first-order valence-corrected chi connectivity index (χ1v) is 7.09. The minimum Gasteiger partial charge on any atom is -0.388 e. The molecule has 3 N–H and O–H groups in total. The third-order valence-corrected chi connectivity index (χ3v) is 3.24. The largest absolute Gasteiger partial charge is 0.388 e. The van der Waals surface area contributed by atoms with Crippen molar-refractivity contribution in [3.05, 3.63) is 66.0 Å². The SMILES string of the molecule is OC(CCNC(=S)Nc1ccccc1)c1ccc(F)cc1. The highest BCUT2D eigenvalue weighted by Gasteiger charge is 2.07. The molecule has 1 atom stereocenters. The average molecular weight is 304 g/mol. The maximum atomic E-state index is 12.8. The summed E-state index contributed by atoms with van der Waals surface area (Å²) < 4.78 is 12.8. The van der Waals surface area contributed by atoms with E-state index in [2.05, 4.69) is 10.6 Å². The van der Waals surface area contributed by atoms with Crippen LogP contribution in [0.5, 0.6) is 0 Å². The van der Waals surface area contributed by atoms with Crippen LogP contribution in [0.25, 0.3) is 0 Å². The predicted octanol–water partition coefficient (Wildman–Crippen LogP) is 3.24. The minimum absolute atomic E-state index is 0.308. The molecule has 2 rings (SSSR count). The Bertz CT molecular complexity index is 575. The first-order chi connectivity index (χ1) is 10.1. The molecule has 0 saturated carbocycles. The zero-order valence-electron chi connectivity index (χ0n) is 11.4. The second kappa shape index (κ2) is 7.71. The first-order valence-electron chi connectivity index (χ1n) is 6.68. The van der Waals surface area contributed by atoms with Gasteiger partial charge in [0, 0.05) is 12.2 Å². The van der Waals surface area contributed by atoms with Crippen molar-refractivity contribution < 1.29 is 9.50 Å². The Balaban J connectivity index is 1.73. The number of halogens is 1. The Kier molecular flexibility index (Phi) is 5.66. The molecule has 0 saturated heterocycles. The number of nitrogens with one attached hydrogen (secondary N) is 2. The van der Waals surface area contributed by atoms with Gasteiger partial charge in [-0.2, -0.15) is 0 Å². The number of aliphatic hydroxyl groups excluding tert-OH is 1. The Morgan fingerprint density at radius 1 is 1.10 bits per heavy atom. The van der Waals surface area contributed by atoms with E-state index in [-0.39, 0.29) is 5.82 Å². The van der Waals surface area contributed by atoms with Crippen LogP contribution in [0.1, 0.15) is 18.1 Å². The molecule has 0 bridgehead atoms. The number of aliphatic hydroxyl groups is 1. The quantitative estimate of drug-likeness (QED) is 0.742. The van der Waals surface area contributed by atoms with Crippen molar-refractivity contribution in [1.82, 2.24) is 5.32 Å². The summed E-state index contributed by atoms with van der Waals surface area (Å²) in [5.74, 6) is -0.308. The van der Waals surface area contributed by atoms with Gasteiger partial charge in [-0.25, -0.2) is 4.39 Å². The molecule has 5 heteroatoms. The molecule has 3 nitrogen and oxygen atoms in total. The second-order valence-electron chi connectivity index (χ2n) is 4.60. The van der Waals surface area contributed by atoms with Gasteiger partial charge in [0.05, 0.1) is 6.10 Å². The van der Waals surface area contributed by atoms with E-state index >= 15 is 0 Å². The fourth-order valence-electron chi connectivity index (χ4n) is 1.87. The monoisotopic (exact) mass is 304 g/mol. The number of thiocarbonyl (C=S) groups is 1. The maximum absolute atomic E-state index is 12.8. The molecule has 0 aliphatic carbocycles. The number of para-hydroxylation sites is 1. The fraction of sp³-hybridized carbons (Fsp3) is 0.188. The molecule has 2 aromatic rings. The normalized spacial score (nSPS) is 11.7.